The Morgan fingerprint density at radius 3 is 1.79 bits per heavy atom. The second-order valence-electron chi connectivity index (χ2n) is 10.0. The Bertz CT molecular complexity index is 811. The Balaban J connectivity index is 0.000000191. The average Bonchev–Trinajstić information content (AvgIpc) is 2.79. The lowest BCUT2D eigenvalue weighted by Crippen LogP contribution is -2.46. The standard InChI is InChI=1S/2C13H18O4/c1-2-12(15)17-11-7-10(14)8-13(9-11)3-5-16-6-4-13;1-2-9(14)12-10(15)7-13(8-11(12)16)3-5-17-6-4-13/h7H,2-6,8-9H2,1H3;12H,2-8H2,1H3. The minimum Gasteiger partial charge on any atom is -0.431 e. The maximum atomic E-state index is 12.0. The largest absolute Gasteiger partial charge is 0.431 e. The van der Waals surface area contributed by atoms with Crippen molar-refractivity contribution < 1.29 is 38.2 Å². The highest BCUT2D eigenvalue weighted by Crippen LogP contribution is 2.44. The van der Waals surface area contributed by atoms with Gasteiger partial charge in [0.2, 0.25) is 0 Å². The zero-order chi connectivity index (χ0) is 24.8. The Labute approximate surface area is 200 Å². The molecular weight excluding hydrogens is 440 g/mol. The molecule has 8 heteroatoms. The molecule has 0 aromatic rings. The lowest BCUT2D eigenvalue weighted by molar-refractivity contribution is -0.148. The van der Waals surface area contributed by atoms with Crippen molar-refractivity contribution in [3.63, 3.8) is 0 Å². The summed E-state index contributed by atoms with van der Waals surface area (Å²) >= 11 is 0. The molecule has 0 aromatic carbocycles. The molecule has 2 saturated heterocycles. The van der Waals surface area contributed by atoms with E-state index in [2.05, 4.69) is 0 Å². The number of Topliss-reactive ketones (excluding diaryl/α,β-unsaturated/α-hetero) is 3. The van der Waals surface area contributed by atoms with E-state index in [9.17, 15) is 24.0 Å². The van der Waals surface area contributed by atoms with Crippen LogP contribution in [-0.2, 0) is 38.2 Å². The van der Waals surface area contributed by atoms with Gasteiger partial charge in [0.05, 0.1) is 0 Å². The van der Waals surface area contributed by atoms with Gasteiger partial charge < -0.3 is 14.2 Å². The quantitative estimate of drug-likeness (QED) is 0.449. The fraction of sp³-hybridized carbons (Fsp3) is 0.731. The maximum absolute atomic E-state index is 12.0. The summed E-state index contributed by atoms with van der Waals surface area (Å²) in [6.45, 7) is 6.07. The maximum Gasteiger partial charge on any atom is 0.310 e. The van der Waals surface area contributed by atoms with E-state index >= 15 is 0 Å². The third-order valence-corrected chi connectivity index (χ3v) is 7.47. The van der Waals surface area contributed by atoms with Gasteiger partial charge in [0, 0.05) is 71.0 Å². The van der Waals surface area contributed by atoms with Gasteiger partial charge in [-0.1, -0.05) is 13.8 Å². The van der Waals surface area contributed by atoms with E-state index in [0.717, 1.165) is 25.7 Å². The summed E-state index contributed by atoms with van der Waals surface area (Å²) in [7, 11) is 0. The summed E-state index contributed by atoms with van der Waals surface area (Å²) in [5.41, 5.74) is -0.246. The molecule has 1 saturated carbocycles. The number of hydrogen-bond donors (Lipinski definition) is 0. The fourth-order valence-electron chi connectivity index (χ4n) is 5.43. The topological polar surface area (TPSA) is 113 Å². The molecule has 4 aliphatic rings. The number of hydrogen-bond acceptors (Lipinski definition) is 8. The molecule has 34 heavy (non-hydrogen) atoms. The van der Waals surface area contributed by atoms with Crippen LogP contribution in [0.15, 0.2) is 11.8 Å². The van der Waals surface area contributed by atoms with Crippen LogP contribution in [0, 0.1) is 16.7 Å². The van der Waals surface area contributed by atoms with E-state index < -0.39 is 5.92 Å². The van der Waals surface area contributed by atoms with Gasteiger partial charge >= 0.3 is 5.97 Å². The first-order chi connectivity index (χ1) is 16.2. The van der Waals surface area contributed by atoms with Crippen molar-refractivity contribution in [3.8, 4) is 0 Å². The number of rotatable bonds is 4. The first kappa shape index (κ1) is 26.4. The van der Waals surface area contributed by atoms with Gasteiger partial charge in [0.1, 0.15) is 11.7 Å². The lowest BCUT2D eigenvalue weighted by Gasteiger charge is -2.40. The lowest BCUT2D eigenvalue weighted by atomic mass is 9.64. The van der Waals surface area contributed by atoms with E-state index in [-0.39, 0.29) is 46.4 Å². The number of ether oxygens (including phenoxy) is 3. The predicted molar refractivity (Wildman–Crippen MR) is 122 cm³/mol. The Hall–Kier alpha value is -2.19. The molecule has 0 radical (unpaired) electrons. The highest BCUT2D eigenvalue weighted by molar-refractivity contribution is 6.20. The number of esters is 1. The molecule has 3 fully saturated rings. The molecule has 0 N–H and O–H groups in total. The van der Waals surface area contributed by atoms with Crippen LogP contribution < -0.4 is 0 Å². The molecule has 188 valence electrons. The smallest absolute Gasteiger partial charge is 0.310 e. The Morgan fingerprint density at radius 1 is 0.824 bits per heavy atom. The molecule has 0 bridgehead atoms. The molecule has 0 unspecified atom stereocenters. The van der Waals surface area contributed by atoms with Gasteiger partial charge in [-0.25, -0.2) is 0 Å². The summed E-state index contributed by atoms with van der Waals surface area (Å²) in [6.07, 6.45) is 7.34. The van der Waals surface area contributed by atoms with E-state index in [1.807, 2.05) is 0 Å². The van der Waals surface area contributed by atoms with Gasteiger partial charge in [-0.05, 0) is 36.5 Å². The molecule has 4 rings (SSSR count). The van der Waals surface area contributed by atoms with Gasteiger partial charge in [-0.3, -0.25) is 24.0 Å². The van der Waals surface area contributed by atoms with Gasteiger partial charge in [0.25, 0.3) is 0 Å². The molecule has 2 spiro atoms. The van der Waals surface area contributed by atoms with Crippen LogP contribution >= 0.6 is 0 Å². The molecule has 0 atom stereocenters. The number of carbonyl (C=O) groups is 5. The second-order valence-corrected chi connectivity index (χ2v) is 10.0. The molecule has 0 amide bonds. The van der Waals surface area contributed by atoms with Gasteiger partial charge in [-0.2, -0.15) is 0 Å². The van der Waals surface area contributed by atoms with Crippen molar-refractivity contribution in [1.82, 2.24) is 0 Å². The zero-order valence-corrected chi connectivity index (χ0v) is 20.3. The van der Waals surface area contributed by atoms with Crippen LogP contribution in [0.25, 0.3) is 0 Å². The third-order valence-electron chi connectivity index (χ3n) is 7.47. The molecule has 0 aromatic heterocycles. The van der Waals surface area contributed by atoms with Gasteiger partial charge in [0.15, 0.2) is 23.1 Å². The van der Waals surface area contributed by atoms with Crippen molar-refractivity contribution in [2.45, 2.75) is 78.1 Å². The first-order valence-corrected chi connectivity index (χ1v) is 12.4. The molecular formula is C26H36O8. The Morgan fingerprint density at radius 2 is 1.32 bits per heavy atom. The van der Waals surface area contributed by atoms with Crippen LogP contribution in [0.5, 0.6) is 0 Å². The number of carbonyl (C=O) groups excluding carboxylic acids is 5. The van der Waals surface area contributed by atoms with Gasteiger partial charge in [-0.15, -0.1) is 0 Å². The second kappa shape index (κ2) is 11.5. The molecule has 2 aliphatic heterocycles. The molecule has 2 heterocycles. The predicted octanol–water partition coefficient (Wildman–Crippen LogP) is 3.29. The van der Waals surface area contributed by atoms with Crippen LogP contribution in [0.2, 0.25) is 0 Å². The molecule has 8 nitrogen and oxygen atoms in total. The average molecular weight is 477 g/mol. The highest BCUT2D eigenvalue weighted by atomic mass is 16.5. The summed E-state index contributed by atoms with van der Waals surface area (Å²) in [4.78, 5) is 58.6. The highest BCUT2D eigenvalue weighted by Gasteiger charge is 2.47. The normalized spacial score (nSPS) is 24.3. The van der Waals surface area contributed by atoms with Crippen molar-refractivity contribution in [2.75, 3.05) is 26.4 Å². The van der Waals surface area contributed by atoms with Crippen LogP contribution in [0.1, 0.15) is 78.1 Å². The number of ketones is 4. The van der Waals surface area contributed by atoms with E-state index in [4.69, 9.17) is 14.2 Å². The summed E-state index contributed by atoms with van der Waals surface area (Å²) < 4.78 is 15.8. The molecule has 2 aliphatic carbocycles. The fourth-order valence-corrected chi connectivity index (χ4v) is 5.43. The van der Waals surface area contributed by atoms with E-state index in [1.165, 1.54) is 6.08 Å². The zero-order valence-electron chi connectivity index (χ0n) is 20.3. The minimum absolute atomic E-state index is 0.0343. The monoisotopic (exact) mass is 476 g/mol. The van der Waals surface area contributed by atoms with E-state index in [0.29, 0.717) is 64.3 Å². The van der Waals surface area contributed by atoms with E-state index in [1.54, 1.807) is 13.8 Å². The van der Waals surface area contributed by atoms with Crippen molar-refractivity contribution in [3.05, 3.63) is 11.8 Å². The van der Waals surface area contributed by atoms with Crippen LogP contribution in [-0.4, -0.2) is 55.5 Å². The summed E-state index contributed by atoms with van der Waals surface area (Å²) in [6, 6.07) is 0. The number of allylic oxidation sites excluding steroid dienone is 2. The van der Waals surface area contributed by atoms with Crippen molar-refractivity contribution in [2.24, 2.45) is 16.7 Å². The van der Waals surface area contributed by atoms with Crippen molar-refractivity contribution in [1.29, 1.82) is 0 Å². The minimum atomic E-state index is -0.964. The first-order valence-electron chi connectivity index (χ1n) is 12.4. The SMILES string of the molecule is CCC(=O)C1C(=O)CC2(CCOCC2)CC1=O.CCC(=O)OC1=CC(=O)CC2(CCOCC2)C1. The third kappa shape index (κ3) is 6.48. The van der Waals surface area contributed by atoms with Crippen LogP contribution in [0.4, 0.5) is 0 Å². The van der Waals surface area contributed by atoms with Crippen LogP contribution in [0.3, 0.4) is 0 Å². The summed E-state index contributed by atoms with van der Waals surface area (Å²) in [5.74, 6) is -1.19. The summed E-state index contributed by atoms with van der Waals surface area (Å²) in [5, 5.41) is 0. The Kier molecular flexibility index (Phi) is 8.93. The van der Waals surface area contributed by atoms with Crippen molar-refractivity contribution >= 4 is 29.1 Å².